The molecule has 0 aromatic heterocycles. The third-order valence-electron chi connectivity index (χ3n) is 3.60. The Morgan fingerprint density at radius 2 is 1.60 bits per heavy atom. The van der Waals surface area contributed by atoms with E-state index < -0.39 is 5.41 Å². The highest BCUT2D eigenvalue weighted by Crippen LogP contribution is 2.28. The van der Waals surface area contributed by atoms with Crippen LogP contribution in [0.15, 0.2) is 48.5 Å². The van der Waals surface area contributed by atoms with Crippen molar-refractivity contribution in [1.82, 2.24) is 0 Å². The van der Waals surface area contributed by atoms with Gasteiger partial charge in [-0.3, -0.25) is 0 Å². The zero-order valence-corrected chi connectivity index (χ0v) is 11.7. The van der Waals surface area contributed by atoms with E-state index in [-0.39, 0.29) is 0 Å². The van der Waals surface area contributed by atoms with E-state index in [1.54, 1.807) is 0 Å². The normalized spacial score (nSPS) is 10.6. The van der Waals surface area contributed by atoms with E-state index in [2.05, 4.69) is 18.2 Å². The lowest BCUT2D eigenvalue weighted by atomic mass is 9.77. The predicted molar refractivity (Wildman–Crippen MR) is 79.0 cm³/mol. The Bertz CT molecular complexity index is 674. The minimum absolute atomic E-state index is 0.413. The van der Waals surface area contributed by atoms with Gasteiger partial charge in [0.2, 0.25) is 0 Å². The summed E-state index contributed by atoms with van der Waals surface area (Å²) in [7, 11) is 0. The second-order valence-electron chi connectivity index (χ2n) is 5.10. The Balaban J connectivity index is 2.46. The summed E-state index contributed by atoms with van der Waals surface area (Å²) in [5.41, 5.74) is 2.98. The minimum atomic E-state index is -1.12. The fourth-order valence-corrected chi connectivity index (χ4v) is 2.39. The van der Waals surface area contributed by atoms with Gasteiger partial charge in [0.05, 0.1) is 12.1 Å². The van der Waals surface area contributed by atoms with Crippen LogP contribution in [0, 0.1) is 36.5 Å². The number of nitrogens with zero attached hydrogens (tertiary/aromatic N) is 2. The molecule has 0 fully saturated rings. The van der Waals surface area contributed by atoms with E-state index >= 15 is 0 Å². The molecular weight excluding hydrogens is 244 g/mol. The number of benzene rings is 2. The quantitative estimate of drug-likeness (QED) is 0.842. The summed E-state index contributed by atoms with van der Waals surface area (Å²) in [5, 5.41) is 19.1. The summed E-state index contributed by atoms with van der Waals surface area (Å²) in [6.07, 6.45) is 0.413. The zero-order valence-electron chi connectivity index (χ0n) is 11.7. The first-order valence-corrected chi connectivity index (χ1v) is 6.55. The molecule has 2 aromatic rings. The third-order valence-corrected chi connectivity index (χ3v) is 3.60. The van der Waals surface area contributed by atoms with Crippen LogP contribution in [0.4, 0.5) is 0 Å². The number of hydrogen-bond donors (Lipinski definition) is 0. The van der Waals surface area contributed by atoms with Crippen LogP contribution in [0.3, 0.4) is 0 Å². The van der Waals surface area contributed by atoms with Gasteiger partial charge in [0.1, 0.15) is 0 Å². The summed E-state index contributed by atoms with van der Waals surface area (Å²) < 4.78 is 0. The Morgan fingerprint density at radius 1 is 0.950 bits per heavy atom. The van der Waals surface area contributed by atoms with Crippen LogP contribution in [-0.2, 0) is 11.8 Å². The Labute approximate surface area is 119 Å². The van der Waals surface area contributed by atoms with E-state index in [0.717, 1.165) is 16.7 Å². The first-order chi connectivity index (χ1) is 9.61. The average Bonchev–Trinajstić information content (AvgIpc) is 2.48. The summed E-state index contributed by atoms with van der Waals surface area (Å²) in [6, 6.07) is 19.8. The van der Waals surface area contributed by atoms with Gasteiger partial charge in [0.15, 0.2) is 5.41 Å². The highest BCUT2D eigenvalue weighted by atomic mass is 14.4. The third kappa shape index (κ3) is 2.56. The minimum Gasteiger partial charge on any atom is -0.196 e. The Morgan fingerprint density at radius 3 is 2.15 bits per heavy atom. The van der Waals surface area contributed by atoms with Crippen LogP contribution in [0.2, 0.25) is 0 Å². The molecule has 0 radical (unpaired) electrons. The van der Waals surface area contributed by atoms with Crippen LogP contribution in [0.1, 0.15) is 22.3 Å². The molecule has 98 valence electrons. The molecule has 0 aliphatic rings. The highest BCUT2D eigenvalue weighted by Gasteiger charge is 2.33. The number of rotatable bonds is 3. The molecule has 0 unspecified atom stereocenters. The van der Waals surface area contributed by atoms with E-state index in [9.17, 15) is 10.5 Å². The van der Waals surface area contributed by atoms with Gasteiger partial charge in [0, 0.05) is 6.42 Å². The molecule has 0 saturated heterocycles. The van der Waals surface area contributed by atoms with Crippen molar-refractivity contribution in [3.05, 3.63) is 70.8 Å². The molecule has 2 rings (SSSR count). The number of nitriles is 2. The lowest BCUT2D eigenvalue weighted by molar-refractivity contribution is 0.692. The van der Waals surface area contributed by atoms with Crippen molar-refractivity contribution in [2.45, 2.75) is 25.7 Å². The molecule has 2 nitrogen and oxygen atoms in total. The summed E-state index contributed by atoms with van der Waals surface area (Å²) in [6.45, 7) is 4.06. The molecule has 0 aliphatic heterocycles. The van der Waals surface area contributed by atoms with Gasteiger partial charge >= 0.3 is 0 Å². The van der Waals surface area contributed by atoms with Crippen LogP contribution < -0.4 is 0 Å². The molecule has 20 heavy (non-hydrogen) atoms. The first kappa shape index (κ1) is 13.8. The van der Waals surface area contributed by atoms with Crippen molar-refractivity contribution in [2.24, 2.45) is 0 Å². The van der Waals surface area contributed by atoms with Crippen molar-refractivity contribution >= 4 is 0 Å². The Hall–Kier alpha value is -2.58. The van der Waals surface area contributed by atoms with Gasteiger partial charge in [-0.15, -0.1) is 0 Å². The monoisotopic (exact) mass is 260 g/mol. The van der Waals surface area contributed by atoms with E-state index in [0.29, 0.717) is 6.42 Å². The number of aryl methyl sites for hydroxylation is 2. The van der Waals surface area contributed by atoms with Gasteiger partial charge < -0.3 is 0 Å². The maximum Gasteiger partial charge on any atom is 0.172 e. The van der Waals surface area contributed by atoms with E-state index in [1.165, 1.54) is 5.56 Å². The van der Waals surface area contributed by atoms with Crippen LogP contribution in [0.25, 0.3) is 0 Å². The highest BCUT2D eigenvalue weighted by molar-refractivity contribution is 5.44. The maximum atomic E-state index is 9.56. The van der Waals surface area contributed by atoms with Gasteiger partial charge in [-0.05, 0) is 30.5 Å². The molecule has 0 saturated carbocycles. The molecule has 0 atom stereocenters. The molecule has 0 spiro atoms. The van der Waals surface area contributed by atoms with Gasteiger partial charge in [0.25, 0.3) is 0 Å². The standard InChI is InChI=1S/C18H16N2/c1-14-8-9-16(15(2)10-14)11-18(12-19,13-20)17-6-4-3-5-7-17/h3-10H,11H2,1-2H3. The van der Waals surface area contributed by atoms with E-state index in [1.807, 2.05) is 56.3 Å². The number of hydrogen-bond acceptors (Lipinski definition) is 2. The molecule has 0 N–H and O–H groups in total. The molecule has 2 heteroatoms. The van der Waals surface area contributed by atoms with Crippen LogP contribution in [0.5, 0.6) is 0 Å². The van der Waals surface area contributed by atoms with Crippen molar-refractivity contribution in [3.63, 3.8) is 0 Å². The van der Waals surface area contributed by atoms with Gasteiger partial charge in [-0.2, -0.15) is 10.5 Å². The van der Waals surface area contributed by atoms with Gasteiger partial charge in [-0.25, -0.2) is 0 Å². The fraction of sp³-hybridized carbons (Fsp3) is 0.222. The molecule has 2 aromatic carbocycles. The van der Waals surface area contributed by atoms with Crippen LogP contribution in [-0.4, -0.2) is 0 Å². The lowest BCUT2D eigenvalue weighted by Gasteiger charge is -2.20. The van der Waals surface area contributed by atoms with Crippen molar-refractivity contribution in [1.29, 1.82) is 10.5 Å². The first-order valence-electron chi connectivity index (χ1n) is 6.55. The Kier molecular flexibility index (Phi) is 3.87. The summed E-state index contributed by atoms with van der Waals surface area (Å²) >= 11 is 0. The second-order valence-corrected chi connectivity index (χ2v) is 5.10. The average molecular weight is 260 g/mol. The summed E-state index contributed by atoms with van der Waals surface area (Å²) in [5.74, 6) is 0. The largest absolute Gasteiger partial charge is 0.196 e. The molecular formula is C18H16N2. The fourth-order valence-electron chi connectivity index (χ4n) is 2.39. The topological polar surface area (TPSA) is 47.6 Å². The van der Waals surface area contributed by atoms with E-state index in [4.69, 9.17) is 0 Å². The van der Waals surface area contributed by atoms with Crippen LogP contribution >= 0.6 is 0 Å². The van der Waals surface area contributed by atoms with Crippen molar-refractivity contribution < 1.29 is 0 Å². The van der Waals surface area contributed by atoms with Crippen molar-refractivity contribution in [3.8, 4) is 12.1 Å². The van der Waals surface area contributed by atoms with Crippen molar-refractivity contribution in [2.75, 3.05) is 0 Å². The SMILES string of the molecule is Cc1ccc(CC(C#N)(C#N)c2ccccc2)c(C)c1. The zero-order chi connectivity index (χ0) is 14.6. The molecule has 0 aliphatic carbocycles. The lowest BCUT2D eigenvalue weighted by Crippen LogP contribution is -2.25. The molecule has 0 amide bonds. The predicted octanol–water partition coefficient (Wildman–Crippen LogP) is 3.83. The second kappa shape index (κ2) is 5.59. The molecule has 0 heterocycles. The smallest absolute Gasteiger partial charge is 0.172 e. The summed E-state index contributed by atoms with van der Waals surface area (Å²) in [4.78, 5) is 0. The van der Waals surface area contributed by atoms with Gasteiger partial charge in [-0.1, -0.05) is 54.1 Å². The molecule has 0 bridgehead atoms. The maximum absolute atomic E-state index is 9.56.